The number of hydrogen-bond donors (Lipinski definition) is 0. The number of carbonyl (C=O) groups excluding carboxylic acids is 1. The minimum atomic E-state index is -0.209. The third-order valence-electron chi connectivity index (χ3n) is 5.92. The highest BCUT2D eigenvalue weighted by Crippen LogP contribution is 2.28. The zero-order valence-electron chi connectivity index (χ0n) is 17.3. The van der Waals surface area contributed by atoms with Crippen LogP contribution >= 0.6 is 0 Å². The average molecular weight is 415 g/mol. The Morgan fingerprint density at radius 2 is 1.77 bits per heavy atom. The van der Waals surface area contributed by atoms with Gasteiger partial charge >= 0.3 is 6.01 Å². The Hall–Kier alpha value is -3.38. The van der Waals surface area contributed by atoms with Gasteiger partial charge in [-0.15, -0.1) is 0 Å². The van der Waals surface area contributed by atoms with E-state index in [4.69, 9.17) is 8.83 Å². The lowest BCUT2D eigenvalue weighted by molar-refractivity contribution is 0.0926. The van der Waals surface area contributed by atoms with Crippen LogP contribution in [0.1, 0.15) is 29.0 Å². The van der Waals surface area contributed by atoms with E-state index in [0.717, 1.165) is 44.4 Å². The number of aromatic nitrogens is 1. The zero-order chi connectivity index (χ0) is 21.0. The van der Waals surface area contributed by atoms with Crippen LogP contribution < -0.4 is 4.90 Å². The summed E-state index contributed by atoms with van der Waals surface area (Å²) >= 11 is 0. The van der Waals surface area contributed by atoms with Crippen molar-refractivity contribution in [3.05, 3.63) is 84.3 Å². The van der Waals surface area contributed by atoms with E-state index in [2.05, 4.69) is 34.1 Å². The molecule has 0 atom stereocenters. The second-order valence-corrected chi connectivity index (χ2v) is 7.93. The molecule has 0 N–H and O–H groups in total. The van der Waals surface area contributed by atoms with Crippen LogP contribution in [-0.2, 0) is 6.42 Å². The predicted molar refractivity (Wildman–Crippen MR) is 119 cm³/mol. The summed E-state index contributed by atoms with van der Waals surface area (Å²) in [6, 6.07) is 21.9. The van der Waals surface area contributed by atoms with E-state index in [9.17, 15) is 4.79 Å². The number of piperidine rings is 1. The lowest BCUT2D eigenvalue weighted by atomic mass is 10.0. The molecule has 2 aromatic carbocycles. The minimum Gasteiger partial charge on any atom is -0.459 e. The molecule has 1 aliphatic rings. The summed E-state index contributed by atoms with van der Waals surface area (Å²) in [6.07, 6.45) is 4.27. The van der Waals surface area contributed by atoms with Crippen molar-refractivity contribution in [2.24, 2.45) is 0 Å². The van der Waals surface area contributed by atoms with E-state index in [1.54, 1.807) is 17.0 Å². The zero-order valence-corrected chi connectivity index (χ0v) is 17.3. The normalized spacial score (nSPS) is 15.4. The van der Waals surface area contributed by atoms with Crippen molar-refractivity contribution in [3.63, 3.8) is 0 Å². The Bertz CT molecular complexity index is 1100. The molecule has 1 fully saturated rings. The van der Waals surface area contributed by atoms with Crippen molar-refractivity contribution in [1.82, 2.24) is 9.88 Å². The maximum atomic E-state index is 13.3. The van der Waals surface area contributed by atoms with Crippen LogP contribution in [-0.4, -0.2) is 41.5 Å². The van der Waals surface area contributed by atoms with Gasteiger partial charge in [0.2, 0.25) is 0 Å². The summed E-state index contributed by atoms with van der Waals surface area (Å²) in [4.78, 5) is 22.0. The minimum absolute atomic E-state index is 0.0126. The van der Waals surface area contributed by atoms with Gasteiger partial charge in [0.1, 0.15) is 5.52 Å². The first-order chi connectivity index (χ1) is 15.3. The number of nitrogens with zero attached hydrogens (tertiary/aromatic N) is 3. The summed E-state index contributed by atoms with van der Waals surface area (Å²) < 4.78 is 11.4. The second-order valence-electron chi connectivity index (χ2n) is 7.93. The third-order valence-corrected chi connectivity index (χ3v) is 5.92. The van der Waals surface area contributed by atoms with Gasteiger partial charge in [-0.1, -0.05) is 42.5 Å². The third kappa shape index (κ3) is 4.25. The fraction of sp³-hybridized carbons (Fsp3) is 0.280. The number of para-hydroxylation sites is 2. The van der Waals surface area contributed by atoms with Gasteiger partial charge < -0.3 is 13.7 Å². The number of carbonyl (C=O) groups is 1. The Morgan fingerprint density at radius 3 is 2.52 bits per heavy atom. The van der Waals surface area contributed by atoms with Gasteiger partial charge in [-0.2, -0.15) is 4.98 Å². The SMILES string of the molecule is O=C(c1ccco1)N(c1nc2ccccc2o1)C1CCN(CCc2ccccc2)CC1. The molecule has 2 aromatic heterocycles. The molecule has 158 valence electrons. The highest BCUT2D eigenvalue weighted by molar-refractivity contribution is 6.03. The summed E-state index contributed by atoms with van der Waals surface area (Å²) in [6.45, 7) is 2.88. The molecular formula is C25H25N3O3. The molecule has 0 radical (unpaired) electrons. The largest absolute Gasteiger partial charge is 0.459 e. The molecule has 0 spiro atoms. The van der Waals surface area contributed by atoms with E-state index < -0.39 is 0 Å². The van der Waals surface area contributed by atoms with E-state index >= 15 is 0 Å². The number of furan rings is 1. The lowest BCUT2D eigenvalue weighted by Crippen LogP contribution is -2.48. The average Bonchev–Trinajstić information content (AvgIpc) is 3.49. The number of rotatable bonds is 6. The van der Waals surface area contributed by atoms with Crippen LogP contribution in [0, 0.1) is 0 Å². The van der Waals surface area contributed by atoms with E-state index in [1.165, 1.54) is 11.8 Å². The van der Waals surface area contributed by atoms with Gasteiger partial charge in [0, 0.05) is 25.7 Å². The molecule has 0 bridgehead atoms. The molecule has 0 saturated carbocycles. The molecule has 1 amide bonds. The summed E-state index contributed by atoms with van der Waals surface area (Å²) in [5, 5.41) is 0. The molecule has 0 aliphatic carbocycles. The Kier molecular flexibility index (Phi) is 5.54. The molecule has 4 aromatic rings. The molecule has 6 heteroatoms. The van der Waals surface area contributed by atoms with Crippen molar-refractivity contribution in [3.8, 4) is 0 Å². The van der Waals surface area contributed by atoms with Gasteiger partial charge in [-0.05, 0) is 49.1 Å². The topological polar surface area (TPSA) is 62.7 Å². The summed E-state index contributed by atoms with van der Waals surface area (Å²) in [5.74, 6) is 0.0908. The number of benzene rings is 2. The monoisotopic (exact) mass is 415 g/mol. The van der Waals surface area contributed by atoms with Crippen LogP contribution in [0.15, 0.2) is 81.8 Å². The highest BCUT2D eigenvalue weighted by atomic mass is 16.4. The van der Waals surface area contributed by atoms with Crippen molar-refractivity contribution in [1.29, 1.82) is 0 Å². The maximum Gasteiger partial charge on any atom is 0.305 e. The first-order valence-electron chi connectivity index (χ1n) is 10.8. The lowest BCUT2D eigenvalue weighted by Gasteiger charge is -2.36. The van der Waals surface area contributed by atoms with Crippen LogP contribution in [0.5, 0.6) is 0 Å². The van der Waals surface area contributed by atoms with Crippen molar-refractivity contribution in [2.45, 2.75) is 25.3 Å². The second kappa shape index (κ2) is 8.78. The molecule has 6 nitrogen and oxygen atoms in total. The quantitative estimate of drug-likeness (QED) is 0.454. The number of oxazole rings is 1. The number of hydrogen-bond acceptors (Lipinski definition) is 5. The molecule has 3 heterocycles. The van der Waals surface area contributed by atoms with Crippen LogP contribution in [0.3, 0.4) is 0 Å². The highest BCUT2D eigenvalue weighted by Gasteiger charge is 2.34. The Labute approximate surface area is 181 Å². The molecule has 1 aliphatic heterocycles. The number of likely N-dealkylation sites (tertiary alicyclic amines) is 1. The Morgan fingerprint density at radius 1 is 1.00 bits per heavy atom. The standard InChI is InChI=1S/C25H25N3O3/c29-24(23-11-6-18-30-23)28(25-26-21-9-4-5-10-22(21)31-25)20-13-16-27(17-14-20)15-12-19-7-2-1-3-8-19/h1-11,18,20H,12-17H2. The first kappa shape index (κ1) is 19.6. The number of fused-ring (bicyclic) bond motifs is 1. The van der Waals surface area contributed by atoms with Crippen LogP contribution in [0.2, 0.25) is 0 Å². The van der Waals surface area contributed by atoms with Gasteiger partial charge in [-0.25, -0.2) is 0 Å². The molecule has 31 heavy (non-hydrogen) atoms. The smallest absolute Gasteiger partial charge is 0.305 e. The number of amides is 1. The summed E-state index contributed by atoms with van der Waals surface area (Å²) in [7, 11) is 0. The van der Waals surface area contributed by atoms with Crippen molar-refractivity contribution in [2.75, 3.05) is 24.5 Å². The fourth-order valence-corrected chi connectivity index (χ4v) is 4.22. The van der Waals surface area contributed by atoms with Gasteiger partial charge in [0.05, 0.1) is 6.26 Å². The molecular weight excluding hydrogens is 390 g/mol. The van der Waals surface area contributed by atoms with Crippen LogP contribution in [0.4, 0.5) is 6.01 Å². The van der Waals surface area contributed by atoms with E-state index in [1.807, 2.05) is 30.3 Å². The predicted octanol–water partition coefficient (Wildman–Crippen LogP) is 4.77. The fourth-order valence-electron chi connectivity index (χ4n) is 4.22. The van der Waals surface area contributed by atoms with E-state index in [0.29, 0.717) is 17.4 Å². The van der Waals surface area contributed by atoms with E-state index in [-0.39, 0.29) is 11.9 Å². The first-order valence-corrected chi connectivity index (χ1v) is 10.8. The van der Waals surface area contributed by atoms with Crippen molar-refractivity contribution >= 4 is 23.0 Å². The van der Waals surface area contributed by atoms with Gasteiger partial charge in [0.25, 0.3) is 5.91 Å². The number of anilines is 1. The summed E-state index contributed by atoms with van der Waals surface area (Å²) in [5.41, 5.74) is 2.77. The van der Waals surface area contributed by atoms with Gasteiger partial charge in [0.15, 0.2) is 11.3 Å². The van der Waals surface area contributed by atoms with Gasteiger partial charge in [-0.3, -0.25) is 9.69 Å². The Balaban J connectivity index is 1.32. The maximum absolute atomic E-state index is 13.3. The van der Waals surface area contributed by atoms with Crippen LogP contribution in [0.25, 0.3) is 11.1 Å². The molecule has 1 saturated heterocycles. The molecule has 5 rings (SSSR count). The molecule has 0 unspecified atom stereocenters. The van der Waals surface area contributed by atoms with Crippen molar-refractivity contribution < 1.29 is 13.6 Å².